The van der Waals surface area contributed by atoms with E-state index >= 15 is 0 Å². The summed E-state index contributed by atoms with van der Waals surface area (Å²) in [5.74, 6) is 3.32. The molecule has 0 bridgehead atoms. The molecule has 0 aliphatic carbocycles. The standard InChI is InChI=1S/C48H30N8/c1-3-16-31(17-4-1)43-49-45(53-47(51-43)55-39-26-11-7-22-35(39)36-23-8-12-27-40(36)55)33-20-15-21-34(30-33)46-50-44(32-18-5-2-6-19-32)52-48(54-46)56-41-28-13-9-24-37(41)38-25-10-14-29-42(38)56/h1-30H. The van der Waals surface area contributed by atoms with E-state index < -0.39 is 0 Å². The van der Waals surface area contributed by atoms with Crippen LogP contribution in [0.2, 0.25) is 0 Å². The molecule has 7 aromatic carbocycles. The monoisotopic (exact) mass is 718 g/mol. The van der Waals surface area contributed by atoms with Gasteiger partial charge in [0.05, 0.1) is 22.1 Å². The van der Waals surface area contributed by atoms with Gasteiger partial charge in [-0.15, -0.1) is 0 Å². The van der Waals surface area contributed by atoms with Gasteiger partial charge >= 0.3 is 0 Å². The van der Waals surface area contributed by atoms with Gasteiger partial charge in [0.15, 0.2) is 23.3 Å². The Morgan fingerprint density at radius 2 is 0.536 bits per heavy atom. The summed E-state index contributed by atoms with van der Waals surface area (Å²) >= 11 is 0. The normalized spacial score (nSPS) is 11.6. The van der Waals surface area contributed by atoms with Gasteiger partial charge < -0.3 is 0 Å². The number of rotatable bonds is 6. The molecule has 11 rings (SSSR count). The maximum atomic E-state index is 5.18. The van der Waals surface area contributed by atoms with Crippen molar-refractivity contribution in [3.05, 3.63) is 182 Å². The van der Waals surface area contributed by atoms with Crippen LogP contribution in [-0.2, 0) is 0 Å². The second-order valence-electron chi connectivity index (χ2n) is 13.6. The molecule has 4 aromatic heterocycles. The minimum absolute atomic E-state index is 0.539. The molecule has 0 atom stereocenters. The van der Waals surface area contributed by atoms with Gasteiger partial charge in [0, 0.05) is 43.8 Å². The summed E-state index contributed by atoms with van der Waals surface area (Å²) in [7, 11) is 0. The Morgan fingerprint density at radius 3 is 0.893 bits per heavy atom. The third-order valence-corrected chi connectivity index (χ3v) is 10.3. The molecule has 8 nitrogen and oxygen atoms in total. The predicted octanol–water partition coefficient (Wildman–Crippen LogP) is 10.9. The highest BCUT2D eigenvalue weighted by molar-refractivity contribution is 6.10. The first kappa shape index (κ1) is 31.7. The quantitative estimate of drug-likeness (QED) is 0.170. The van der Waals surface area contributed by atoms with Crippen LogP contribution in [-0.4, -0.2) is 39.0 Å². The van der Waals surface area contributed by atoms with E-state index in [2.05, 4.69) is 88.0 Å². The van der Waals surface area contributed by atoms with Gasteiger partial charge in [0.2, 0.25) is 11.9 Å². The smallest absolute Gasteiger partial charge is 0.238 e. The summed E-state index contributed by atoms with van der Waals surface area (Å²) in [6.07, 6.45) is 0. The largest absolute Gasteiger partial charge is 0.278 e. The van der Waals surface area contributed by atoms with E-state index in [1.54, 1.807) is 0 Å². The molecule has 0 unspecified atom stereocenters. The fourth-order valence-corrected chi connectivity index (χ4v) is 7.69. The zero-order valence-corrected chi connectivity index (χ0v) is 29.9. The van der Waals surface area contributed by atoms with Crippen LogP contribution in [0.5, 0.6) is 0 Å². The average Bonchev–Trinajstić information content (AvgIpc) is 3.80. The summed E-state index contributed by atoms with van der Waals surface area (Å²) < 4.78 is 4.25. The first-order valence-electron chi connectivity index (χ1n) is 18.5. The van der Waals surface area contributed by atoms with Crippen LogP contribution >= 0.6 is 0 Å². The molecule has 8 heteroatoms. The SMILES string of the molecule is c1ccc(-c2nc(-c3cccc(-c4nc(-c5ccccc5)nc(-n5c6ccccc6c6ccccc65)n4)c3)nc(-n3c4ccccc4c4ccccc43)n2)cc1. The second-order valence-corrected chi connectivity index (χ2v) is 13.6. The number of aromatic nitrogens is 8. The Labute approximate surface area is 321 Å². The van der Waals surface area contributed by atoms with Crippen molar-refractivity contribution in [2.45, 2.75) is 0 Å². The van der Waals surface area contributed by atoms with Gasteiger partial charge in [-0.2, -0.15) is 19.9 Å². The molecular formula is C48H30N8. The topological polar surface area (TPSA) is 87.2 Å². The predicted molar refractivity (Wildman–Crippen MR) is 224 cm³/mol. The Kier molecular flexibility index (Phi) is 7.31. The van der Waals surface area contributed by atoms with E-state index in [0.29, 0.717) is 35.2 Å². The van der Waals surface area contributed by atoms with Crippen molar-refractivity contribution in [1.29, 1.82) is 0 Å². The molecular weight excluding hydrogens is 689 g/mol. The third kappa shape index (κ3) is 5.23. The molecule has 0 saturated carbocycles. The highest BCUT2D eigenvalue weighted by atomic mass is 15.2. The Morgan fingerprint density at radius 1 is 0.250 bits per heavy atom. The van der Waals surface area contributed by atoms with Gasteiger partial charge in [-0.25, -0.2) is 9.97 Å². The molecule has 0 radical (unpaired) electrons. The lowest BCUT2D eigenvalue weighted by molar-refractivity contribution is 0.951. The van der Waals surface area contributed by atoms with Gasteiger partial charge in [0.25, 0.3) is 0 Å². The maximum Gasteiger partial charge on any atom is 0.238 e. The molecule has 0 N–H and O–H groups in total. The van der Waals surface area contributed by atoms with Crippen molar-refractivity contribution in [2.75, 3.05) is 0 Å². The molecule has 0 fully saturated rings. The molecule has 56 heavy (non-hydrogen) atoms. The van der Waals surface area contributed by atoms with E-state index in [-0.39, 0.29) is 0 Å². The maximum absolute atomic E-state index is 5.18. The van der Waals surface area contributed by atoms with E-state index in [1.807, 2.05) is 103 Å². The van der Waals surface area contributed by atoms with Crippen LogP contribution in [0.15, 0.2) is 182 Å². The molecule has 0 aliphatic rings. The Balaban J connectivity index is 1.12. The lowest BCUT2D eigenvalue weighted by atomic mass is 10.1. The summed E-state index contributed by atoms with van der Waals surface area (Å²) in [6.45, 7) is 0. The lowest BCUT2D eigenvalue weighted by Crippen LogP contribution is -2.07. The molecule has 0 aliphatic heterocycles. The number of fused-ring (bicyclic) bond motifs is 6. The van der Waals surface area contributed by atoms with Gasteiger partial charge in [-0.1, -0.05) is 152 Å². The number of hydrogen-bond donors (Lipinski definition) is 0. The second kappa shape index (κ2) is 12.9. The van der Waals surface area contributed by atoms with Crippen molar-refractivity contribution in [2.24, 2.45) is 0 Å². The lowest BCUT2D eigenvalue weighted by Gasteiger charge is -2.12. The summed E-state index contributed by atoms with van der Waals surface area (Å²) in [5.41, 5.74) is 7.51. The first-order chi connectivity index (χ1) is 27.8. The minimum atomic E-state index is 0.539. The van der Waals surface area contributed by atoms with Gasteiger partial charge in [-0.05, 0) is 30.3 Å². The minimum Gasteiger partial charge on any atom is -0.278 e. The number of hydrogen-bond acceptors (Lipinski definition) is 6. The highest BCUT2D eigenvalue weighted by Crippen LogP contribution is 2.34. The van der Waals surface area contributed by atoms with Crippen LogP contribution in [0.1, 0.15) is 0 Å². The van der Waals surface area contributed by atoms with Crippen LogP contribution < -0.4 is 0 Å². The van der Waals surface area contributed by atoms with Crippen molar-refractivity contribution in [1.82, 2.24) is 39.0 Å². The van der Waals surface area contributed by atoms with Gasteiger partial charge in [0.1, 0.15) is 0 Å². The van der Waals surface area contributed by atoms with Crippen molar-refractivity contribution in [3.63, 3.8) is 0 Å². The van der Waals surface area contributed by atoms with E-state index in [4.69, 9.17) is 29.9 Å². The highest BCUT2D eigenvalue weighted by Gasteiger charge is 2.20. The third-order valence-electron chi connectivity index (χ3n) is 10.3. The average molecular weight is 719 g/mol. The van der Waals surface area contributed by atoms with Crippen molar-refractivity contribution < 1.29 is 0 Å². The summed E-state index contributed by atoms with van der Waals surface area (Å²) in [5, 5.41) is 4.54. The van der Waals surface area contributed by atoms with Crippen LogP contribution in [0, 0.1) is 0 Å². The van der Waals surface area contributed by atoms with Crippen molar-refractivity contribution in [3.8, 4) is 57.4 Å². The van der Waals surface area contributed by atoms with Crippen molar-refractivity contribution >= 4 is 43.6 Å². The fraction of sp³-hybridized carbons (Fsp3) is 0. The van der Waals surface area contributed by atoms with E-state index in [1.165, 1.54) is 0 Å². The number of nitrogens with zero attached hydrogens (tertiary/aromatic N) is 8. The van der Waals surface area contributed by atoms with E-state index in [9.17, 15) is 0 Å². The number of benzene rings is 7. The molecule has 262 valence electrons. The Bertz CT molecular complexity index is 2940. The molecule has 0 saturated heterocycles. The first-order valence-corrected chi connectivity index (χ1v) is 18.5. The number of para-hydroxylation sites is 4. The van der Waals surface area contributed by atoms with Gasteiger partial charge in [-0.3, -0.25) is 9.13 Å². The Hall–Kier alpha value is -7.84. The zero-order chi connectivity index (χ0) is 37.0. The zero-order valence-electron chi connectivity index (χ0n) is 29.9. The fourth-order valence-electron chi connectivity index (χ4n) is 7.69. The summed E-state index contributed by atoms with van der Waals surface area (Å²) in [6, 6.07) is 61.7. The molecule has 0 spiro atoms. The van der Waals surface area contributed by atoms with E-state index in [0.717, 1.165) is 65.9 Å². The van der Waals surface area contributed by atoms with Crippen LogP contribution in [0.4, 0.5) is 0 Å². The molecule has 0 amide bonds. The van der Waals surface area contributed by atoms with Crippen LogP contribution in [0.25, 0.3) is 101 Å². The summed E-state index contributed by atoms with van der Waals surface area (Å²) in [4.78, 5) is 30.7. The molecule has 4 heterocycles. The van der Waals surface area contributed by atoms with Crippen LogP contribution in [0.3, 0.4) is 0 Å². The molecule has 11 aromatic rings.